The van der Waals surface area contributed by atoms with Crippen molar-refractivity contribution in [3.05, 3.63) is 36.4 Å². The molecule has 152 valence electrons. The van der Waals surface area contributed by atoms with E-state index < -0.39 is 12.0 Å². The van der Waals surface area contributed by atoms with Crippen LogP contribution in [-0.2, 0) is 14.4 Å². The van der Waals surface area contributed by atoms with Gasteiger partial charge in [-0.3, -0.25) is 19.6 Å². The van der Waals surface area contributed by atoms with Gasteiger partial charge in [0.25, 0.3) is 0 Å². The molecule has 1 aromatic carbocycles. The number of phenols is 1. The molecule has 0 saturated carbocycles. The molecule has 1 aliphatic rings. The third-order valence-corrected chi connectivity index (χ3v) is 4.76. The molecule has 0 unspecified atom stereocenters. The van der Waals surface area contributed by atoms with Crippen LogP contribution in [0.4, 0.5) is 5.69 Å². The summed E-state index contributed by atoms with van der Waals surface area (Å²) in [6, 6.07) is 5.35. The van der Waals surface area contributed by atoms with E-state index in [1.54, 1.807) is 12.1 Å². The minimum Gasteiger partial charge on any atom is -0.508 e. The number of carbonyl (C=O) groups excluding carboxylic acids is 3. The van der Waals surface area contributed by atoms with E-state index in [4.69, 9.17) is 0 Å². The number of carbonyl (C=O) groups is 3. The highest BCUT2D eigenvalue weighted by atomic mass is 16.5. The number of aromatic hydroxyl groups is 1. The lowest BCUT2D eigenvalue weighted by atomic mass is 9.99. The molecule has 1 heterocycles. The van der Waals surface area contributed by atoms with Gasteiger partial charge in [0.15, 0.2) is 0 Å². The summed E-state index contributed by atoms with van der Waals surface area (Å²) in [6.45, 7) is 6.06. The van der Waals surface area contributed by atoms with Gasteiger partial charge in [-0.05, 0) is 37.1 Å². The Bertz CT molecular complexity index is 719. The number of nitrogens with one attached hydrogen (secondary N) is 1. The average Bonchev–Trinajstić information content (AvgIpc) is 3.08. The van der Waals surface area contributed by atoms with Gasteiger partial charge in [-0.2, -0.15) is 0 Å². The second-order valence-electron chi connectivity index (χ2n) is 7.04. The van der Waals surface area contributed by atoms with Gasteiger partial charge in [0.05, 0.1) is 12.5 Å². The molecule has 0 spiro atoms. The highest BCUT2D eigenvalue weighted by Crippen LogP contribution is 2.26. The molecule has 0 radical (unpaired) electrons. The van der Waals surface area contributed by atoms with E-state index in [9.17, 15) is 24.7 Å². The maximum absolute atomic E-state index is 13.1. The molecular weight excluding hydrogens is 362 g/mol. The molecule has 1 saturated heterocycles. The monoisotopic (exact) mass is 389 g/mol. The summed E-state index contributed by atoms with van der Waals surface area (Å²) in [5.74, 6) is -1.13. The van der Waals surface area contributed by atoms with Crippen LogP contribution in [0.25, 0.3) is 0 Å². The molecule has 28 heavy (non-hydrogen) atoms. The molecule has 2 atom stereocenters. The van der Waals surface area contributed by atoms with Crippen molar-refractivity contribution in [2.24, 2.45) is 5.92 Å². The number of hydroxylamine groups is 2. The van der Waals surface area contributed by atoms with Crippen molar-refractivity contribution in [3.8, 4) is 5.75 Å². The first-order valence-corrected chi connectivity index (χ1v) is 9.33. The van der Waals surface area contributed by atoms with Crippen LogP contribution in [-0.4, -0.2) is 57.6 Å². The van der Waals surface area contributed by atoms with E-state index in [2.05, 4.69) is 11.9 Å². The van der Waals surface area contributed by atoms with Crippen LogP contribution in [0.3, 0.4) is 0 Å². The number of nitrogens with zero attached hydrogens (tertiary/aromatic N) is 2. The number of likely N-dealkylation sites (tertiary alicyclic amines) is 1. The van der Waals surface area contributed by atoms with Crippen molar-refractivity contribution in [1.82, 2.24) is 9.96 Å². The number of hydrogen-bond acceptors (Lipinski definition) is 5. The molecule has 3 amide bonds. The quantitative estimate of drug-likeness (QED) is 0.197. The molecule has 1 aliphatic heterocycles. The summed E-state index contributed by atoms with van der Waals surface area (Å²) < 4.78 is 0. The van der Waals surface area contributed by atoms with Gasteiger partial charge in [-0.1, -0.05) is 31.9 Å². The molecule has 8 nitrogen and oxygen atoms in total. The van der Waals surface area contributed by atoms with Crippen LogP contribution in [0.5, 0.6) is 5.75 Å². The van der Waals surface area contributed by atoms with Gasteiger partial charge in [0.2, 0.25) is 18.2 Å². The zero-order chi connectivity index (χ0) is 20.7. The Morgan fingerprint density at radius 2 is 2.07 bits per heavy atom. The fourth-order valence-corrected chi connectivity index (χ4v) is 3.28. The number of anilines is 1. The number of amides is 3. The van der Waals surface area contributed by atoms with Crippen LogP contribution in [0.2, 0.25) is 0 Å². The molecule has 0 bridgehead atoms. The summed E-state index contributed by atoms with van der Waals surface area (Å²) in [7, 11) is 0. The maximum atomic E-state index is 13.1. The third-order valence-electron chi connectivity index (χ3n) is 4.76. The first kappa shape index (κ1) is 21.4. The first-order chi connectivity index (χ1) is 13.3. The summed E-state index contributed by atoms with van der Waals surface area (Å²) in [5, 5.41) is 22.1. The second-order valence-corrected chi connectivity index (χ2v) is 7.04. The SMILES string of the molecule is C=C1C[C@@H](C(=O)Nc2ccc(O)cc2)N(C(=O)[C@H](CCCC)CN(O)C=O)C1. The van der Waals surface area contributed by atoms with E-state index in [1.807, 2.05) is 6.92 Å². The van der Waals surface area contributed by atoms with Gasteiger partial charge in [0, 0.05) is 12.2 Å². The minimum atomic E-state index is -0.707. The minimum absolute atomic E-state index is 0.0894. The summed E-state index contributed by atoms with van der Waals surface area (Å²) in [4.78, 5) is 38.1. The van der Waals surface area contributed by atoms with Crippen molar-refractivity contribution >= 4 is 23.9 Å². The van der Waals surface area contributed by atoms with Crippen LogP contribution in [0.15, 0.2) is 36.4 Å². The third kappa shape index (κ3) is 5.56. The predicted octanol–water partition coefficient (Wildman–Crippen LogP) is 2.14. The lowest BCUT2D eigenvalue weighted by molar-refractivity contribution is -0.157. The highest BCUT2D eigenvalue weighted by molar-refractivity contribution is 5.98. The van der Waals surface area contributed by atoms with Gasteiger partial charge in [-0.15, -0.1) is 0 Å². The second kappa shape index (κ2) is 9.89. The lowest BCUT2D eigenvalue weighted by Crippen LogP contribution is -2.47. The predicted molar refractivity (Wildman–Crippen MR) is 104 cm³/mol. The summed E-state index contributed by atoms with van der Waals surface area (Å²) in [6.07, 6.45) is 2.77. The lowest BCUT2D eigenvalue weighted by Gasteiger charge is -2.29. The summed E-state index contributed by atoms with van der Waals surface area (Å²) >= 11 is 0. The number of rotatable bonds is 9. The highest BCUT2D eigenvalue weighted by Gasteiger charge is 2.38. The Hall–Kier alpha value is -2.87. The van der Waals surface area contributed by atoms with Crippen molar-refractivity contribution in [1.29, 1.82) is 0 Å². The Morgan fingerprint density at radius 3 is 2.68 bits per heavy atom. The van der Waals surface area contributed by atoms with E-state index >= 15 is 0 Å². The van der Waals surface area contributed by atoms with Crippen LogP contribution in [0.1, 0.15) is 32.6 Å². The van der Waals surface area contributed by atoms with E-state index in [-0.39, 0.29) is 37.1 Å². The number of unbranched alkanes of at least 4 members (excludes halogenated alkanes) is 1. The van der Waals surface area contributed by atoms with Crippen molar-refractivity contribution in [2.45, 2.75) is 38.6 Å². The smallest absolute Gasteiger partial charge is 0.247 e. The van der Waals surface area contributed by atoms with Crippen LogP contribution in [0, 0.1) is 5.92 Å². The molecule has 0 aliphatic carbocycles. The standard InChI is InChI=1S/C20H27N3O5/c1-3-4-5-15(12-22(28)13-24)20(27)23-11-14(2)10-18(23)19(26)21-16-6-8-17(25)9-7-16/h6-9,13,15,18,25,28H,2-5,10-12H2,1H3,(H,21,26)/t15-,18+/m1/s1. The molecular formula is C20H27N3O5. The largest absolute Gasteiger partial charge is 0.508 e. The average molecular weight is 389 g/mol. The number of phenolic OH excluding ortho intramolecular Hbond substituents is 1. The molecule has 8 heteroatoms. The van der Waals surface area contributed by atoms with E-state index in [0.29, 0.717) is 23.6 Å². The fourth-order valence-electron chi connectivity index (χ4n) is 3.28. The van der Waals surface area contributed by atoms with Gasteiger partial charge < -0.3 is 15.3 Å². The topological polar surface area (TPSA) is 110 Å². The van der Waals surface area contributed by atoms with Gasteiger partial charge >= 0.3 is 0 Å². The molecule has 2 rings (SSSR count). The molecule has 1 aromatic rings. The van der Waals surface area contributed by atoms with E-state index in [1.165, 1.54) is 17.0 Å². The number of hydrogen-bond donors (Lipinski definition) is 3. The Labute approximate surface area is 164 Å². The molecule has 0 aromatic heterocycles. The zero-order valence-corrected chi connectivity index (χ0v) is 16.0. The van der Waals surface area contributed by atoms with E-state index in [0.717, 1.165) is 18.4 Å². The molecule has 1 fully saturated rings. The first-order valence-electron chi connectivity index (χ1n) is 9.33. The Balaban J connectivity index is 2.13. The van der Waals surface area contributed by atoms with Gasteiger partial charge in [0.1, 0.15) is 11.8 Å². The van der Waals surface area contributed by atoms with Crippen LogP contribution < -0.4 is 5.32 Å². The Morgan fingerprint density at radius 1 is 1.39 bits per heavy atom. The maximum Gasteiger partial charge on any atom is 0.247 e. The molecule has 3 N–H and O–H groups in total. The Kier molecular flexibility index (Phi) is 7.57. The van der Waals surface area contributed by atoms with Crippen molar-refractivity contribution < 1.29 is 24.7 Å². The number of benzene rings is 1. The van der Waals surface area contributed by atoms with Crippen LogP contribution >= 0.6 is 0 Å². The van der Waals surface area contributed by atoms with Gasteiger partial charge in [-0.25, -0.2) is 5.06 Å². The zero-order valence-electron chi connectivity index (χ0n) is 16.0. The van der Waals surface area contributed by atoms with Crippen molar-refractivity contribution in [2.75, 3.05) is 18.4 Å². The fraction of sp³-hybridized carbons (Fsp3) is 0.450. The summed E-state index contributed by atoms with van der Waals surface area (Å²) in [5.41, 5.74) is 1.28. The van der Waals surface area contributed by atoms with Crippen molar-refractivity contribution in [3.63, 3.8) is 0 Å². The normalized spacial score (nSPS) is 17.3.